The van der Waals surface area contributed by atoms with E-state index in [1.807, 2.05) is 12.3 Å². The Bertz CT molecular complexity index is 377. The van der Waals surface area contributed by atoms with Gasteiger partial charge in [0.15, 0.2) is 5.82 Å². The predicted octanol–water partition coefficient (Wildman–Crippen LogP) is 1.55. The van der Waals surface area contributed by atoms with Gasteiger partial charge in [0.05, 0.1) is 17.4 Å². The lowest BCUT2D eigenvalue weighted by atomic mass is 10.3. The fourth-order valence-corrected chi connectivity index (χ4v) is 1.56. The Labute approximate surface area is 79.8 Å². The van der Waals surface area contributed by atoms with Crippen LogP contribution in [-0.4, -0.2) is 15.0 Å². The number of nitrogens with two attached hydrogens (primary N) is 1. The summed E-state index contributed by atoms with van der Waals surface area (Å²) < 4.78 is 0. The molecule has 5 heteroatoms. The van der Waals surface area contributed by atoms with E-state index in [0.717, 1.165) is 17.2 Å². The number of aromatic amines is 1. The minimum Gasteiger partial charge on any atom is -0.339 e. The molecule has 1 atom stereocenters. The lowest BCUT2D eigenvalue weighted by Crippen LogP contribution is -2.04. The largest absolute Gasteiger partial charge is 0.339 e. The second kappa shape index (κ2) is 3.27. The summed E-state index contributed by atoms with van der Waals surface area (Å²) in [5.74, 6) is 0.786. The number of hydrogen-bond donors (Lipinski definition) is 2. The lowest BCUT2D eigenvalue weighted by Gasteiger charge is -1.98. The monoisotopic (exact) mass is 194 g/mol. The second-order valence-electron chi connectivity index (χ2n) is 2.85. The van der Waals surface area contributed by atoms with Crippen molar-refractivity contribution in [3.63, 3.8) is 0 Å². The molecule has 2 heterocycles. The van der Waals surface area contributed by atoms with Gasteiger partial charge in [0.2, 0.25) is 0 Å². The van der Waals surface area contributed by atoms with Crippen molar-refractivity contribution in [2.75, 3.05) is 0 Å². The van der Waals surface area contributed by atoms with E-state index in [1.54, 1.807) is 23.0 Å². The quantitative estimate of drug-likeness (QED) is 0.762. The fourth-order valence-electron chi connectivity index (χ4n) is 1.03. The first-order valence-corrected chi connectivity index (χ1v) is 4.90. The number of rotatable bonds is 2. The van der Waals surface area contributed by atoms with Crippen LogP contribution in [0.25, 0.3) is 11.5 Å². The maximum absolute atomic E-state index is 5.69. The average molecular weight is 194 g/mol. The summed E-state index contributed by atoms with van der Waals surface area (Å²) >= 11 is 1.55. The highest BCUT2D eigenvalue weighted by Gasteiger charge is 2.06. The Hall–Kier alpha value is -1.20. The molecule has 2 rings (SSSR count). The van der Waals surface area contributed by atoms with Crippen LogP contribution in [0.1, 0.15) is 18.7 Å². The third-order valence-electron chi connectivity index (χ3n) is 1.76. The van der Waals surface area contributed by atoms with Gasteiger partial charge in [0.25, 0.3) is 0 Å². The molecule has 3 N–H and O–H groups in total. The number of nitrogens with one attached hydrogen (secondary N) is 1. The molecule has 0 bridgehead atoms. The van der Waals surface area contributed by atoms with Crippen LogP contribution in [0.4, 0.5) is 0 Å². The standard InChI is InChI=1S/C8H10N4S/c1-5(9)6-2-10-8(12-6)7-3-13-4-11-7/h2-5H,9H2,1H3,(H,10,12). The second-order valence-corrected chi connectivity index (χ2v) is 3.57. The van der Waals surface area contributed by atoms with E-state index < -0.39 is 0 Å². The van der Waals surface area contributed by atoms with Crippen LogP contribution in [0.3, 0.4) is 0 Å². The fraction of sp³-hybridized carbons (Fsp3) is 0.250. The molecule has 0 fully saturated rings. The van der Waals surface area contributed by atoms with Gasteiger partial charge in [0.1, 0.15) is 5.69 Å². The molecule has 0 saturated carbocycles. The van der Waals surface area contributed by atoms with Gasteiger partial charge in [0, 0.05) is 11.4 Å². The maximum atomic E-state index is 5.69. The Morgan fingerprint density at radius 1 is 1.54 bits per heavy atom. The van der Waals surface area contributed by atoms with Gasteiger partial charge in [-0.25, -0.2) is 9.97 Å². The summed E-state index contributed by atoms with van der Waals surface area (Å²) in [6, 6.07) is -0.0140. The van der Waals surface area contributed by atoms with Crippen LogP contribution < -0.4 is 5.73 Å². The number of thiazole rings is 1. The Morgan fingerprint density at radius 2 is 2.38 bits per heavy atom. The Balaban J connectivity index is 2.33. The van der Waals surface area contributed by atoms with E-state index in [9.17, 15) is 0 Å². The van der Waals surface area contributed by atoms with Crippen molar-refractivity contribution >= 4 is 11.3 Å². The first-order valence-electron chi connectivity index (χ1n) is 3.96. The highest BCUT2D eigenvalue weighted by molar-refractivity contribution is 7.07. The Kier molecular flexibility index (Phi) is 2.12. The lowest BCUT2D eigenvalue weighted by molar-refractivity contribution is 0.789. The molecule has 0 spiro atoms. The van der Waals surface area contributed by atoms with E-state index in [2.05, 4.69) is 15.0 Å². The summed E-state index contributed by atoms with van der Waals surface area (Å²) in [5, 5.41) is 1.95. The smallest absolute Gasteiger partial charge is 0.157 e. The SMILES string of the molecule is CC(N)c1cnc(-c2cscn2)[nH]1. The number of aromatic nitrogens is 3. The normalized spacial score (nSPS) is 13.1. The van der Waals surface area contributed by atoms with Gasteiger partial charge < -0.3 is 10.7 Å². The topological polar surface area (TPSA) is 67.6 Å². The number of imidazole rings is 1. The van der Waals surface area contributed by atoms with Crippen molar-refractivity contribution in [1.82, 2.24) is 15.0 Å². The van der Waals surface area contributed by atoms with E-state index in [0.29, 0.717) is 0 Å². The van der Waals surface area contributed by atoms with Gasteiger partial charge in [-0.1, -0.05) is 0 Å². The molecule has 0 amide bonds. The minimum atomic E-state index is -0.0140. The van der Waals surface area contributed by atoms with Gasteiger partial charge in [-0.15, -0.1) is 11.3 Å². The van der Waals surface area contributed by atoms with Crippen molar-refractivity contribution in [3.05, 3.63) is 22.8 Å². The van der Waals surface area contributed by atoms with Gasteiger partial charge in [-0.3, -0.25) is 0 Å². The first kappa shape index (κ1) is 8.40. The summed E-state index contributed by atoms with van der Waals surface area (Å²) in [6.45, 7) is 1.92. The zero-order valence-electron chi connectivity index (χ0n) is 7.19. The molecule has 2 aromatic rings. The molecule has 0 aliphatic carbocycles. The van der Waals surface area contributed by atoms with Crippen LogP contribution in [0.2, 0.25) is 0 Å². The molecule has 2 aromatic heterocycles. The van der Waals surface area contributed by atoms with Gasteiger partial charge in [-0.2, -0.15) is 0 Å². The van der Waals surface area contributed by atoms with Crippen molar-refractivity contribution < 1.29 is 0 Å². The van der Waals surface area contributed by atoms with Crippen LogP contribution in [0, 0.1) is 0 Å². The highest BCUT2D eigenvalue weighted by atomic mass is 32.1. The number of hydrogen-bond acceptors (Lipinski definition) is 4. The van der Waals surface area contributed by atoms with Crippen LogP contribution in [0.15, 0.2) is 17.1 Å². The van der Waals surface area contributed by atoms with Crippen molar-refractivity contribution in [1.29, 1.82) is 0 Å². The van der Waals surface area contributed by atoms with Crippen molar-refractivity contribution in [2.45, 2.75) is 13.0 Å². The molecule has 0 aliphatic heterocycles. The molecule has 0 aliphatic rings. The van der Waals surface area contributed by atoms with Crippen LogP contribution in [0.5, 0.6) is 0 Å². The maximum Gasteiger partial charge on any atom is 0.157 e. The molecular formula is C8H10N4S. The molecule has 0 aromatic carbocycles. The van der Waals surface area contributed by atoms with Crippen molar-refractivity contribution in [3.8, 4) is 11.5 Å². The summed E-state index contributed by atoms with van der Waals surface area (Å²) in [6.07, 6.45) is 1.75. The van der Waals surface area contributed by atoms with Crippen molar-refractivity contribution in [2.24, 2.45) is 5.73 Å². The third-order valence-corrected chi connectivity index (χ3v) is 2.35. The zero-order valence-corrected chi connectivity index (χ0v) is 8.01. The highest BCUT2D eigenvalue weighted by Crippen LogP contribution is 2.16. The molecule has 0 radical (unpaired) electrons. The molecule has 1 unspecified atom stereocenters. The Morgan fingerprint density at radius 3 is 2.92 bits per heavy atom. The average Bonchev–Trinajstić information content (AvgIpc) is 2.75. The van der Waals surface area contributed by atoms with Gasteiger partial charge >= 0.3 is 0 Å². The first-order chi connectivity index (χ1) is 6.27. The molecule has 4 nitrogen and oxygen atoms in total. The molecule has 13 heavy (non-hydrogen) atoms. The van der Waals surface area contributed by atoms with Crippen LogP contribution in [-0.2, 0) is 0 Å². The third kappa shape index (κ3) is 1.61. The molecule has 0 saturated heterocycles. The van der Waals surface area contributed by atoms with E-state index in [-0.39, 0.29) is 6.04 Å². The summed E-state index contributed by atoms with van der Waals surface area (Å²) in [4.78, 5) is 11.5. The van der Waals surface area contributed by atoms with E-state index >= 15 is 0 Å². The van der Waals surface area contributed by atoms with Gasteiger partial charge in [-0.05, 0) is 6.92 Å². The predicted molar refractivity (Wildman–Crippen MR) is 52.3 cm³/mol. The summed E-state index contributed by atoms with van der Waals surface area (Å²) in [7, 11) is 0. The molecule has 68 valence electrons. The summed E-state index contributed by atoms with van der Waals surface area (Å²) in [5.41, 5.74) is 9.28. The van der Waals surface area contributed by atoms with E-state index in [4.69, 9.17) is 5.73 Å². The minimum absolute atomic E-state index is 0.0140. The van der Waals surface area contributed by atoms with E-state index in [1.165, 1.54) is 0 Å². The number of nitrogens with zero attached hydrogens (tertiary/aromatic N) is 2. The molecular weight excluding hydrogens is 184 g/mol. The number of H-pyrrole nitrogens is 1. The van der Waals surface area contributed by atoms with Crippen LogP contribution >= 0.6 is 11.3 Å². The zero-order chi connectivity index (χ0) is 9.26.